The number of rotatable bonds is 4. The third-order valence-corrected chi connectivity index (χ3v) is 1.01. The number of carbonyl (C=O) groups excluding carboxylic acids is 1. The predicted molar refractivity (Wildman–Crippen MR) is 47.2 cm³/mol. The van der Waals surface area contributed by atoms with Gasteiger partial charge in [0.05, 0.1) is 6.61 Å². The minimum atomic E-state index is -0.685. The van der Waals surface area contributed by atoms with Crippen molar-refractivity contribution in [3.63, 3.8) is 0 Å². The minimum absolute atomic E-state index is 0.0719. The third-order valence-electron chi connectivity index (χ3n) is 0.756. The second kappa shape index (κ2) is 6.66. The molecule has 0 aromatic heterocycles. The Morgan fingerprint density at radius 3 is 2.55 bits per heavy atom. The molecule has 0 saturated heterocycles. The zero-order chi connectivity index (χ0) is 8.69. The fourth-order valence-corrected chi connectivity index (χ4v) is 0.474. The maximum absolute atomic E-state index is 10.6. The van der Waals surface area contributed by atoms with Crippen LogP contribution in [0.25, 0.3) is 0 Å². The van der Waals surface area contributed by atoms with E-state index in [-0.39, 0.29) is 6.79 Å². The smallest absolute Gasteiger partial charge is 0.434 e. The molecule has 0 rings (SSSR count). The minimum Gasteiger partial charge on any atom is -0.434 e. The van der Waals surface area contributed by atoms with E-state index in [1.54, 1.807) is 23.0 Å². The molecule has 0 aliphatic heterocycles. The first kappa shape index (κ1) is 11.0. The summed E-state index contributed by atoms with van der Waals surface area (Å²) < 4.78 is 13.6. The Bertz CT molecular complexity index is 115. The summed E-state index contributed by atoms with van der Waals surface area (Å²) in [4.78, 5) is 10.6. The van der Waals surface area contributed by atoms with Gasteiger partial charge >= 0.3 is 6.16 Å². The van der Waals surface area contributed by atoms with Gasteiger partial charge in [-0.15, -0.1) is 0 Å². The van der Waals surface area contributed by atoms with Gasteiger partial charge in [0.2, 0.25) is 6.79 Å². The standard InChI is InChI=1S/C6H11IO4/c1-5(2)3-9-6(8)10-4-11-7/h5H,3-4H2,1-2H3. The van der Waals surface area contributed by atoms with E-state index in [1.807, 2.05) is 13.8 Å². The molecule has 0 aromatic rings. The number of hydrogen-bond acceptors (Lipinski definition) is 4. The van der Waals surface area contributed by atoms with Crippen LogP contribution in [0, 0.1) is 5.92 Å². The summed E-state index contributed by atoms with van der Waals surface area (Å²) in [5, 5.41) is 0. The molecule has 5 heteroatoms. The highest BCUT2D eigenvalue weighted by Gasteiger charge is 2.03. The molecule has 0 atom stereocenters. The molecular formula is C6H11IO4. The van der Waals surface area contributed by atoms with E-state index in [0.29, 0.717) is 12.5 Å². The van der Waals surface area contributed by atoms with Crippen LogP contribution in [0.5, 0.6) is 0 Å². The Labute approximate surface area is 79.9 Å². The van der Waals surface area contributed by atoms with Crippen molar-refractivity contribution < 1.29 is 17.3 Å². The van der Waals surface area contributed by atoms with Gasteiger partial charge in [-0.3, -0.25) is 3.07 Å². The molecule has 0 aliphatic rings. The van der Waals surface area contributed by atoms with Gasteiger partial charge in [-0.25, -0.2) is 4.79 Å². The normalized spacial score (nSPS) is 9.82. The summed E-state index contributed by atoms with van der Waals surface area (Å²) in [6.07, 6.45) is -0.685. The van der Waals surface area contributed by atoms with Gasteiger partial charge in [0, 0.05) is 0 Å². The van der Waals surface area contributed by atoms with E-state index in [2.05, 4.69) is 12.5 Å². The summed E-state index contributed by atoms with van der Waals surface area (Å²) in [6, 6.07) is 0. The predicted octanol–water partition coefficient (Wildman–Crippen LogP) is 2.12. The topological polar surface area (TPSA) is 44.8 Å². The maximum Gasteiger partial charge on any atom is 0.510 e. The molecule has 0 spiro atoms. The molecule has 0 bridgehead atoms. The first-order valence-corrected chi connectivity index (χ1v) is 4.08. The van der Waals surface area contributed by atoms with Gasteiger partial charge < -0.3 is 9.47 Å². The molecule has 0 heterocycles. The van der Waals surface area contributed by atoms with Gasteiger partial charge in [0.1, 0.15) is 23.0 Å². The average molecular weight is 274 g/mol. The molecule has 11 heavy (non-hydrogen) atoms. The Morgan fingerprint density at radius 2 is 2.09 bits per heavy atom. The van der Waals surface area contributed by atoms with Crippen LogP contribution in [0.3, 0.4) is 0 Å². The molecule has 0 aliphatic carbocycles. The van der Waals surface area contributed by atoms with Gasteiger partial charge in [-0.05, 0) is 5.92 Å². The van der Waals surface area contributed by atoms with Crippen molar-refractivity contribution in [2.45, 2.75) is 13.8 Å². The molecule has 66 valence electrons. The molecule has 0 N–H and O–H groups in total. The van der Waals surface area contributed by atoms with Gasteiger partial charge in [-0.1, -0.05) is 13.8 Å². The van der Waals surface area contributed by atoms with Crippen molar-refractivity contribution in [3.8, 4) is 0 Å². The SMILES string of the molecule is CC(C)COC(=O)OCOI. The largest absolute Gasteiger partial charge is 0.510 e. The van der Waals surface area contributed by atoms with Crippen molar-refractivity contribution in [3.05, 3.63) is 0 Å². The molecular weight excluding hydrogens is 263 g/mol. The lowest BCUT2D eigenvalue weighted by Crippen LogP contribution is -2.12. The first-order valence-electron chi connectivity index (χ1n) is 3.20. The number of halogens is 1. The second-order valence-electron chi connectivity index (χ2n) is 2.33. The van der Waals surface area contributed by atoms with Crippen molar-refractivity contribution in [1.29, 1.82) is 0 Å². The zero-order valence-corrected chi connectivity index (χ0v) is 8.66. The second-order valence-corrected chi connectivity index (χ2v) is 2.95. The van der Waals surface area contributed by atoms with E-state index in [9.17, 15) is 4.79 Å². The van der Waals surface area contributed by atoms with Crippen LogP contribution in [-0.2, 0) is 12.5 Å². The summed E-state index contributed by atoms with van der Waals surface area (Å²) in [5.41, 5.74) is 0. The summed E-state index contributed by atoms with van der Waals surface area (Å²) in [6.45, 7) is 4.20. The third kappa shape index (κ3) is 7.86. The van der Waals surface area contributed by atoms with E-state index in [1.165, 1.54) is 0 Å². The van der Waals surface area contributed by atoms with Crippen molar-refractivity contribution in [1.82, 2.24) is 0 Å². The Kier molecular flexibility index (Phi) is 6.63. The summed E-state index contributed by atoms with van der Waals surface area (Å²) in [7, 11) is 0. The monoisotopic (exact) mass is 274 g/mol. The molecule has 4 nitrogen and oxygen atoms in total. The molecule has 0 aromatic carbocycles. The number of carbonyl (C=O) groups is 1. The van der Waals surface area contributed by atoms with Gasteiger partial charge in [0.25, 0.3) is 0 Å². The lowest BCUT2D eigenvalue weighted by molar-refractivity contribution is 0.0137. The first-order chi connectivity index (χ1) is 5.16. The van der Waals surface area contributed by atoms with E-state index >= 15 is 0 Å². The molecule has 0 amide bonds. The number of hydrogen-bond donors (Lipinski definition) is 0. The fourth-order valence-electron chi connectivity index (χ4n) is 0.347. The van der Waals surface area contributed by atoms with E-state index in [4.69, 9.17) is 0 Å². The van der Waals surface area contributed by atoms with Crippen molar-refractivity contribution >= 4 is 29.2 Å². The molecule has 0 saturated carbocycles. The Balaban J connectivity index is 3.23. The van der Waals surface area contributed by atoms with E-state index in [0.717, 1.165) is 0 Å². The highest BCUT2D eigenvalue weighted by atomic mass is 127. The van der Waals surface area contributed by atoms with Gasteiger partial charge in [0.15, 0.2) is 0 Å². The molecule has 0 radical (unpaired) electrons. The van der Waals surface area contributed by atoms with E-state index < -0.39 is 6.16 Å². The van der Waals surface area contributed by atoms with Crippen molar-refractivity contribution in [2.24, 2.45) is 5.92 Å². The highest BCUT2D eigenvalue weighted by molar-refractivity contribution is 14.1. The van der Waals surface area contributed by atoms with Crippen molar-refractivity contribution in [2.75, 3.05) is 13.4 Å². The Morgan fingerprint density at radius 1 is 1.45 bits per heavy atom. The van der Waals surface area contributed by atoms with Crippen LogP contribution in [0.1, 0.15) is 13.8 Å². The quantitative estimate of drug-likeness (QED) is 0.447. The lowest BCUT2D eigenvalue weighted by Gasteiger charge is -2.05. The van der Waals surface area contributed by atoms with Crippen LogP contribution in [0.4, 0.5) is 4.79 Å². The maximum atomic E-state index is 10.6. The molecule has 0 fully saturated rings. The summed E-state index contributed by atoms with van der Waals surface area (Å²) in [5.74, 6) is 0.322. The average Bonchev–Trinajstić information content (AvgIpc) is 1.97. The van der Waals surface area contributed by atoms with Crippen LogP contribution in [0.15, 0.2) is 0 Å². The van der Waals surface area contributed by atoms with Crippen LogP contribution in [-0.4, -0.2) is 19.6 Å². The number of ether oxygens (including phenoxy) is 2. The highest BCUT2D eigenvalue weighted by Crippen LogP contribution is 1.95. The Hall–Kier alpha value is -0.0400. The van der Waals surface area contributed by atoms with Crippen LogP contribution < -0.4 is 0 Å². The van der Waals surface area contributed by atoms with Crippen LogP contribution in [0.2, 0.25) is 0 Å². The zero-order valence-electron chi connectivity index (χ0n) is 6.50. The molecule has 0 unspecified atom stereocenters. The fraction of sp³-hybridized carbons (Fsp3) is 0.833. The van der Waals surface area contributed by atoms with Crippen LogP contribution >= 0.6 is 23.0 Å². The lowest BCUT2D eigenvalue weighted by atomic mass is 10.2. The summed E-state index contributed by atoms with van der Waals surface area (Å²) >= 11 is 1.63. The van der Waals surface area contributed by atoms with Gasteiger partial charge in [-0.2, -0.15) is 0 Å².